The molecule has 1 aromatic rings. The Balaban J connectivity index is 3.25. The molecule has 0 heterocycles. The van der Waals surface area contributed by atoms with Crippen molar-refractivity contribution in [2.75, 3.05) is 11.9 Å². The minimum atomic E-state index is -1.01. The van der Waals surface area contributed by atoms with E-state index in [9.17, 15) is 24.0 Å². The van der Waals surface area contributed by atoms with Crippen LogP contribution in [0.3, 0.4) is 0 Å². The predicted octanol–water partition coefficient (Wildman–Crippen LogP) is 4.08. The van der Waals surface area contributed by atoms with Crippen molar-refractivity contribution in [1.29, 1.82) is 0 Å². The van der Waals surface area contributed by atoms with E-state index in [0.29, 0.717) is 7.14 Å². The van der Waals surface area contributed by atoms with Crippen molar-refractivity contribution in [3.8, 4) is 0 Å². The number of carbonyl (C=O) groups excluding carboxylic acids is 5. The molecule has 0 aliphatic heterocycles. The molecule has 13 heteroatoms. The number of nitrogens with one attached hydrogen (secondary N) is 1. The van der Waals surface area contributed by atoms with E-state index < -0.39 is 34.4 Å². The molecule has 1 amide bonds. The number of esters is 2. The summed E-state index contributed by atoms with van der Waals surface area (Å²) in [5.74, 6) is -1.86. The quantitative estimate of drug-likeness (QED) is 0.240. The Kier molecular flexibility index (Phi) is 11.0. The van der Waals surface area contributed by atoms with Crippen molar-refractivity contribution in [3.63, 3.8) is 0 Å². The molecule has 158 valence electrons. The van der Waals surface area contributed by atoms with Crippen molar-refractivity contribution < 1.29 is 33.4 Å². The van der Waals surface area contributed by atoms with Crippen LogP contribution in [-0.4, -0.2) is 41.0 Å². The molecular weight excluding hydrogens is 770 g/mol. The average molecular weight is 782 g/mol. The van der Waals surface area contributed by atoms with Crippen LogP contribution in [0.15, 0.2) is 0 Å². The van der Waals surface area contributed by atoms with Crippen molar-refractivity contribution >= 4 is 125 Å². The van der Waals surface area contributed by atoms with Gasteiger partial charge in [-0.1, -0.05) is 0 Å². The first-order valence-electron chi connectivity index (χ1n) is 7.57. The molecular formula is C16H12Cl2I3NO7. The van der Waals surface area contributed by atoms with Crippen molar-refractivity contribution in [1.82, 2.24) is 0 Å². The summed E-state index contributed by atoms with van der Waals surface area (Å²) in [6.07, 6.45) is -1.35. The maximum absolute atomic E-state index is 12.5. The molecule has 1 aromatic carbocycles. The number of benzene rings is 1. The molecule has 0 aliphatic carbocycles. The van der Waals surface area contributed by atoms with Crippen LogP contribution >= 0.6 is 91.0 Å². The van der Waals surface area contributed by atoms with E-state index in [2.05, 4.69) is 5.32 Å². The number of halogens is 5. The molecule has 0 saturated carbocycles. The average Bonchev–Trinajstić information content (AvgIpc) is 2.55. The van der Waals surface area contributed by atoms with Gasteiger partial charge in [-0.05, 0) is 91.0 Å². The molecule has 0 aliphatic rings. The monoisotopic (exact) mass is 781 g/mol. The van der Waals surface area contributed by atoms with Gasteiger partial charge in [-0.3, -0.25) is 24.0 Å². The van der Waals surface area contributed by atoms with Crippen molar-refractivity contribution in [3.05, 3.63) is 21.8 Å². The van der Waals surface area contributed by atoms with Gasteiger partial charge in [-0.25, -0.2) is 0 Å². The van der Waals surface area contributed by atoms with Gasteiger partial charge in [0.25, 0.3) is 10.5 Å². The zero-order valence-electron chi connectivity index (χ0n) is 14.7. The molecule has 0 saturated heterocycles. The van der Waals surface area contributed by atoms with Crippen LogP contribution in [0.2, 0.25) is 0 Å². The number of hydrogen-bond donors (Lipinski definition) is 1. The molecule has 0 spiro atoms. The fraction of sp³-hybridized carbons (Fsp3) is 0.312. The zero-order chi connectivity index (χ0) is 22.5. The SMILES string of the molecule is CC(=O)OCC(CC(=O)Nc1c(I)c(C(=O)Cl)c(I)c(C(=O)Cl)c1I)OC(C)=O. The maximum atomic E-state index is 12.5. The highest BCUT2D eigenvalue weighted by atomic mass is 127. The van der Waals surface area contributed by atoms with E-state index in [0.717, 1.165) is 6.92 Å². The van der Waals surface area contributed by atoms with Crippen LogP contribution in [0.5, 0.6) is 0 Å². The first-order chi connectivity index (χ1) is 13.4. The summed E-state index contributed by atoms with van der Waals surface area (Å²) in [5, 5.41) is 0.933. The number of rotatable bonds is 8. The molecule has 0 aromatic heterocycles. The lowest BCUT2D eigenvalue weighted by molar-refractivity contribution is -0.157. The van der Waals surface area contributed by atoms with Gasteiger partial charge in [0.1, 0.15) is 12.7 Å². The van der Waals surface area contributed by atoms with E-state index in [1.54, 1.807) is 22.6 Å². The largest absolute Gasteiger partial charge is 0.462 e. The Morgan fingerprint density at radius 2 is 1.38 bits per heavy atom. The number of anilines is 1. The van der Waals surface area contributed by atoms with Gasteiger partial charge in [-0.2, -0.15) is 0 Å². The van der Waals surface area contributed by atoms with Crippen LogP contribution < -0.4 is 5.32 Å². The van der Waals surface area contributed by atoms with E-state index in [1.165, 1.54) is 6.92 Å². The van der Waals surface area contributed by atoms with Gasteiger partial charge in [-0.15, -0.1) is 0 Å². The molecule has 1 atom stereocenters. The molecule has 0 bridgehead atoms. The lowest BCUT2D eigenvalue weighted by Crippen LogP contribution is -2.29. The Hall–Kier alpha value is -0.260. The Morgan fingerprint density at radius 1 is 0.897 bits per heavy atom. The van der Waals surface area contributed by atoms with E-state index in [4.69, 9.17) is 32.7 Å². The van der Waals surface area contributed by atoms with Gasteiger partial charge in [0.2, 0.25) is 5.91 Å². The third kappa shape index (κ3) is 7.74. The molecule has 1 N–H and O–H groups in total. The summed E-state index contributed by atoms with van der Waals surface area (Å²) in [6, 6.07) is 0. The predicted molar refractivity (Wildman–Crippen MR) is 130 cm³/mol. The second-order valence-corrected chi connectivity index (χ2v) is 9.32. The lowest BCUT2D eigenvalue weighted by atomic mass is 10.1. The van der Waals surface area contributed by atoms with Crippen molar-refractivity contribution in [2.45, 2.75) is 26.4 Å². The van der Waals surface area contributed by atoms with Crippen LogP contribution in [0.25, 0.3) is 0 Å². The standard InChI is InChI=1S/C16H12Cl2I3NO7/c1-5(23)28-4-7(29-6(2)24)3-8(25)22-14-12(20)9(15(17)26)11(19)10(13(14)21)16(18)27/h7H,3-4H2,1-2H3,(H,22,25). The zero-order valence-corrected chi connectivity index (χ0v) is 22.7. The summed E-state index contributed by atoms with van der Waals surface area (Å²) < 4.78 is 10.7. The number of ether oxygens (including phenoxy) is 2. The number of carbonyl (C=O) groups is 5. The fourth-order valence-corrected chi connectivity index (χ4v) is 7.53. The van der Waals surface area contributed by atoms with Gasteiger partial charge >= 0.3 is 11.9 Å². The fourth-order valence-electron chi connectivity index (χ4n) is 2.10. The lowest BCUT2D eigenvalue weighted by Gasteiger charge is -2.19. The molecule has 0 radical (unpaired) electrons. The van der Waals surface area contributed by atoms with Gasteiger partial charge < -0.3 is 14.8 Å². The smallest absolute Gasteiger partial charge is 0.303 e. The Morgan fingerprint density at radius 3 is 1.76 bits per heavy atom. The number of amides is 1. The van der Waals surface area contributed by atoms with Crippen LogP contribution in [0.1, 0.15) is 41.0 Å². The second-order valence-electron chi connectivity index (χ2n) is 5.40. The topological polar surface area (TPSA) is 116 Å². The number of hydrogen-bond acceptors (Lipinski definition) is 7. The normalized spacial score (nSPS) is 11.4. The van der Waals surface area contributed by atoms with E-state index in [1.807, 2.05) is 45.2 Å². The van der Waals surface area contributed by atoms with Crippen LogP contribution in [0.4, 0.5) is 5.69 Å². The summed E-state index contributed by atoms with van der Waals surface area (Å²) in [7, 11) is 0. The van der Waals surface area contributed by atoms with Crippen LogP contribution in [-0.2, 0) is 23.9 Å². The minimum Gasteiger partial charge on any atom is -0.462 e. The van der Waals surface area contributed by atoms with Gasteiger partial charge in [0, 0.05) is 17.4 Å². The molecule has 0 fully saturated rings. The highest BCUT2D eigenvalue weighted by Crippen LogP contribution is 2.37. The second kappa shape index (κ2) is 12.0. The molecule has 1 unspecified atom stereocenters. The van der Waals surface area contributed by atoms with Crippen LogP contribution in [0, 0.1) is 10.7 Å². The summed E-state index contributed by atoms with van der Waals surface area (Å²) in [4.78, 5) is 58.4. The summed E-state index contributed by atoms with van der Waals surface area (Å²) in [6.45, 7) is 2.02. The van der Waals surface area contributed by atoms with Crippen molar-refractivity contribution in [2.24, 2.45) is 0 Å². The maximum Gasteiger partial charge on any atom is 0.303 e. The Bertz CT molecular complexity index is 851. The molecule has 8 nitrogen and oxygen atoms in total. The first kappa shape index (κ1) is 26.8. The molecule has 1 rings (SSSR count). The third-order valence-electron chi connectivity index (χ3n) is 3.19. The first-order valence-corrected chi connectivity index (χ1v) is 11.6. The summed E-state index contributed by atoms with van der Waals surface area (Å²) in [5.41, 5.74) is 0.228. The Labute approximate surface area is 216 Å². The third-order valence-corrected chi connectivity index (χ3v) is 6.81. The van der Waals surface area contributed by atoms with Gasteiger partial charge in [0.15, 0.2) is 0 Å². The van der Waals surface area contributed by atoms with E-state index >= 15 is 0 Å². The molecule has 29 heavy (non-hydrogen) atoms. The minimum absolute atomic E-state index is 0.0315. The summed E-state index contributed by atoms with van der Waals surface area (Å²) >= 11 is 16.7. The highest BCUT2D eigenvalue weighted by Gasteiger charge is 2.28. The van der Waals surface area contributed by atoms with E-state index in [-0.39, 0.29) is 33.4 Å². The highest BCUT2D eigenvalue weighted by molar-refractivity contribution is 14.1. The van der Waals surface area contributed by atoms with Gasteiger partial charge in [0.05, 0.1) is 30.4 Å².